The molecule has 0 aromatic carbocycles. The van der Waals surface area contributed by atoms with Crippen molar-refractivity contribution >= 4 is 0 Å². The maximum absolute atomic E-state index is 4.02. The van der Waals surface area contributed by atoms with Crippen molar-refractivity contribution in [2.45, 2.75) is 98.6 Å². The largest absolute Gasteiger partial charge is 0.311 e. The Labute approximate surface area is 151 Å². The minimum absolute atomic E-state index is 0.750. The van der Waals surface area contributed by atoms with E-state index in [1.165, 1.54) is 44.9 Å². The Hall–Kier alpha value is -0.0400. The van der Waals surface area contributed by atoms with Crippen LogP contribution in [0.2, 0.25) is 0 Å². The highest BCUT2D eigenvalue weighted by atomic mass is 15.0. The lowest BCUT2D eigenvalue weighted by Gasteiger charge is -2.30. The van der Waals surface area contributed by atoms with Crippen LogP contribution in [0.3, 0.4) is 0 Å². The minimum atomic E-state index is 0.750. The molecule has 1 saturated heterocycles. The summed E-state index contributed by atoms with van der Waals surface area (Å²) in [4.78, 5) is 0. The summed E-state index contributed by atoms with van der Waals surface area (Å²) in [5.41, 5.74) is 0. The number of fused-ring (bicyclic) bond motifs is 1. The third-order valence-electron chi connectivity index (χ3n) is 8.40. The molecular formula is C23H43N. The highest BCUT2D eigenvalue weighted by Crippen LogP contribution is 2.52. The second-order valence-electron chi connectivity index (χ2n) is 10.1. The van der Waals surface area contributed by atoms with E-state index in [4.69, 9.17) is 0 Å². The summed E-state index contributed by atoms with van der Waals surface area (Å²) in [5.74, 6) is 7.78. The molecule has 1 nitrogen and oxygen atoms in total. The average molecular weight is 334 g/mol. The van der Waals surface area contributed by atoms with Crippen LogP contribution >= 0.6 is 0 Å². The van der Waals surface area contributed by atoms with E-state index in [1.807, 2.05) is 0 Å². The fourth-order valence-electron chi connectivity index (χ4n) is 6.65. The minimum Gasteiger partial charge on any atom is -0.311 e. The molecule has 0 bridgehead atoms. The maximum Gasteiger partial charge on any atom is 0.0104 e. The molecule has 2 saturated carbocycles. The lowest BCUT2D eigenvalue weighted by atomic mass is 9.75. The Morgan fingerprint density at radius 1 is 0.958 bits per heavy atom. The first-order valence-electron chi connectivity index (χ1n) is 11.2. The normalized spacial score (nSPS) is 45.0. The van der Waals surface area contributed by atoms with E-state index in [0.29, 0.717) is 0 Å². The van der Waals surface area contributed by atoms with Crippen LogP contribution in [0.15, 0.2) is 0 Å². The number of hydrogen-bond acceptors (Lipinski definition) is 1. The van der Waals surface area contributed by atoms with Gasteiger partial charge in [0.25, 0.3) is 0 Å². The van der Waals surface area contributed by atoms with Crippen LogP contribution in [0.25, 0.3) is 0 Å². The van der Waals surface area contributed by atoms with Crippen LogP contribution in [0, 0.1) is 47.3 Å². The van der Waals surface area contributed by atoms with Crippen LogP contribution in [0.1, 0.15) is 86.5 Å². The Morgan fingerprint density at radius 3 is 2.33 bits per heavy atom. The lowest BCUT2D eigenvalue weighted by Crippen LogP contribution is -2.32. The molecule has 1 aliphatic heterocycles. The first kappa shape index (κ1) is 18.7. The van der Waals surface area contributed by atoms with Gasteiger partial charge in [0.05, 0.1) is 0 Å². The average Bonchev–Trinajstić information content (AvgIpc) is 3.04. The Kier molecular flexibility index (Phi) is 6.00. The van der Waals surface area contributed by atoms with Crippen molar-refractivity contribution in [2.75, 3.05) is 0 Å². The fourth-order valence-corrected chi connectivity index (χ4v) is 6.65. The highest BCUT2D eigenvalue weighted by molar-refractivity contribution is 5.04. The molecule has 10 atom stereocenters. The highest BCUT2D eigenvalue weighted by Gasteiger charge is 2.50. The van der Waals surface area contributed by atoms with Gasteiger partial charge in [0.15, 0.2) is 0 Å². The summed E-state index contributed by atoms with van der Waals surface area (Å²) in [6.45, 7) is 14.8. The van der Waals surface area contributed by atoms with Crippen molar-refractivity contribution in [3.63, 3.8) is 0 Å². The van der Waals surface area contributed by atoms with Crippen molar-refractivity contribution < 1.29 is 0 Å². The van der Waals surface area contributed by atoms with E-state index >= 15 is 0 Å². The van der Waals surface area contributed by atoms with Gasteiger partial charge in [-0.3, -0.25) is 0 Å². The van der Waals surface area contributed by atoms with Crippen LogP contribution in [0.5, 0.6) is 0 Å². The van der Waals surface area contributed by atoms with Crippen molar-refractivity contribution in [1.82, 2.24) is 5.32 Å². The van der Waals surface area contributed by atoms with Gasteiger partial charge < -0.3 is 5.32 Å². The molecule has 1 heterocycles. The van der Waals surface area contributed by atoms with E-state index in [1.54, 1.807) is 0 Å². The van der Waals surface area contributed by atoms with Crippen molar-refractivity contribution in [3.05, 3.63) is 0 Å². The second-order valence-corrected chi connectivity index (χ2v) is 10.1. The van der Waals surface area contributed by atoms with E-state index in [0.717, 1.165) is 59.4 Å². The van der Waals surface area contributed by atoms with E-state index in [-0.39, 0.29) is 0 Å². The summed E-state index contributed by atoms with van der Waals surface area (Å²) in [6.07, 6.45) is 10.2. The van der Waals surface area contributed by atoms with Crippen LogP contribution in [-0.4, -0.2) is 12.1 Å². The Balaban J connectivity index is 1.55. The summed E-state index contributed by atoms with van der Waals surface area (Å²) < 4.78 is 0. The molecule has 0 radical (unpaired) electrons. The topological polar surface area (TPSA) is 12.0 Å². The van der Waals surface area contributed by atoms with Crippen LogP contribution in [0.4, 0.5) is 0 Å². The molecular weight excluding hydrogens is 290 g/mol. The third kappa shape index (κ3) is 3.87. The fraction of sp³-hybridized carbons (Fsp3) is 1.00. The summed E-state index contributed by atoms with van der Waals surface area (Å²) in [5, 5.41) is 4.02. The standard InChI is InChI=1S/C23H43N/c1-7-14(3)9-15(4)19-12-21-22(13-19)24-17(6)23(21)16(5)10-20-11-18(20)8-2/h14-24H,7-13H2,1-6H3. The number of nitrogens with one attached hydrogen (secondary N) is 1. The Morgan fingerprint density at radius 2 is 1.71 bits per heavy atom. The first-order chi connectivity index (χ1) is 11.4. The number of rotatable bonds is 8. The van der Waals surface area contributed by atoms with E-state index < -0.39 is 0 Å². The first-order valence-corrected chi connectivity index (χ1v) is 11.2. The summed E-state index contributed by atoms with van der Waals surface area (Å²) in [7, 11) is 0. The van der Waals surface area contributed by atoms with Gasteiger partial charge in [0, 0.05) is 12.1 Å². The van der Waals surface area contributed by atoms with Gasteiger partial charge in [-0.25, -0.2) is 0 Å². The smallest absolute Gasteiger partial charge is 0.0104 e. The van der Waals surface area contributed by atoms with E-state index in [2.05, 4.69) is 46.9 Å². The zero-order valence-corrected chi connectivity index (χ0v) is 17.2. The molecule has 0 aromatic rings. The molecule has 0 amide bonds. The van der Waals surface area contributed by atoms with Crippen LogP contribution in [-0.2, 0) is 0 Å². The molecule has 3 fully saturated rings. The monoisotopic (exact) mass is 333 g/mol. The molecule has 10 unspecified atom stereocenters. The molecule has 24 heavy (non-hydrogen) atoms. The molecule has 0 aromatic heterocycles. The maximum atomic E-state index is 4.02. The van der Waals surface area contributed by atoms with Gasteiger partial charge in [-0.15, -0.1) is 0 Å². The molecule has 1 N–H and O–H groups in total. The van der Waals surface area contributed by atoms with Crippen molar-refractivity contribution in [1.29, 1.82) is 0 Å². The molecule has 140 valence electrons. The van der Waals surface area contributed by atoms with Gasteiger partial charge in [-0.2, -0.15) is 0 Å². The molecule has 3 aliphatic rings. The number of hydrogen-bond donors (Lipinski definition) is 1. The van der Waals surface area contributed by atoms with Gasteiger partial charge >= 0.3 is 0 Å². The molecule has 1 heteroatoms. The zero-order valence-electron chi connectivity index (χ0n) is 17.2. The molecule has 3 rings (SSSR count). The van der Waals surface area contributed by atoms with Crippen molar-refractivity contribution in [3.8, 4) is 0 Å². The van der Waals surface area contributed by atoms with Gasteiger partial charge in [0.2, 0.25) is 0 Å². The summed E-state index contributed by atoms with van der Waals surface area (Å²) >= 11 is 0. The zero-order chi connectivity index (χ0) is 17.4. The predicted octanol–water partition coefficient (Wildman–Crippen LogP) is 6.13. The quantitative estimate of drug-likeness (QED) is 0.563. The molecule has 0 spiro atoms. The molecule has 2 aliphatic carbocycles. The van der Waals surface area contributed by atoms with Gasteiger partial charge in [-0.05, 0) is 86.4 Å². The Bertz CT molecular complexity index is 405. The third-order valence-corrected chi connectivity index (χ3v) is 8.40. The summed E-state index contributed by atoms with van der Waals surface area (Å²) in [6, 6.07) is 1.58. The van der Waals surface area contributed by atoms with Crippen molar-refractivity contribution in [2.24, 2.45) is 47.3 Å². The van der Waals surface area contributed by atoms with Gasteiger partial charge in [0.1, 0.15) is 0 Å². The van der Waals surface area contributed by atoms with E-state index in [9.17, 15) is 0 Å². The van der Waals surface area contributed by atoms with Gasteiger partial charge in [-0.1, -0.05) is 47.5 Å². The SMILES string of the molecule is CCC(C)CC(C)C1CC2NC(C)C(C(C)CC3CC3CC)C2C1. The second kappa shape index (κ2) is 7.68. The lowest BCUT2D eigenvalue weighted by molar-refractivity contribution is 0.210. The van der Waals surface area contributed by atoms with Crippen LogP contribution < -0.4 is 5.32 Å². The predicted molar refractivity (Wildman–Crippen MR) is 105 cm³/mol.